The maximum absolute atomic E-state index is 12.0. The molecule has 0 radical (unpaired) electrons. The Kier molecular flexibility index (Phi) is 4.35. The Hall–Kier alpha value is -1.94. The molecule has 0 aliphatic carbocycles. The molecule has 0 aromatic heterocycles. The highest BCUT2D eigenvalue weighted by Gasteiger charge is 2.10. The lowest BCUT2D eigenvalue weighted by Gasteiger charge is -2.00. The predicted octanol–water partition coefficient (Wildman–Crippen LogP) is 3.37. The van der Waals surface area contributed by atoms with Crippen molar-refractivity contribution >= 4 is 16.2 Å². The van der Waals surface area contributed by atoms with Crippen LogP contribution in [0.25, 0.3) is 0 Å². The summed E-state index contributed by atoms with van der Waals surface area (Å²) in [6, 6.07) is 14.3. The Balaban J connectivity index is 2.22. The molecule has 0 spiro atoms. The second-order valence-electron chi connectivity index (χ2n) is 4.62. The largest absolute Gasteiger partial charge is 0.282 e. The van der Waals surface area contributed by atoms with Gasteiger partial charge in [-0.25, -0.2) is 0 Å². The molecule has 0 N–H and O–H groups in total. The standard InChI is InChI=1S/C16H17NO2S/c1-3-14-6-8-15(9-7-14)12-17-20(18,19)16-10-4-13(2)5-11-16/h4-12H,3H2,1-2H3/b17-12+. The van der Waals surface area contributed by atoms with Crippen LogP contribution in [-0.4, -0.2) is 14.6 Å². The van der Waals surface area contributed by atoms with E-state index in [-0.39, 0.29) is 4.90 Å². The van der Waals surface area contributed by atoms with Crippen molar-refractivity contribution in [3.8, 4) is 0 Å². The summed E-state index contributed by atoms with van der Waals surface area (Å²) in [6.07, 6.45) is 2.34. The van der Waals surface area contributed by atoms with E-state index < -0.39 is 10.0 Å². The average molecular weight is 287 g/mol. The van der Waals surface area contributed by atoms with Gasteiger partial charge in [-0.15, -0.1) is 0 Å². The van der Waals surface area contributed by atoms with Gasteiger partial charge in [-0.3, -0.25) is 0 Å². The third-order valence-corrected chi connectivity index (χ3v) is 4.30. The highest BCUT2D eigenvalue weighted by molar-refractivity contribution is 7.90. The molecule has 3 nitrogen and oxygen atoms in total. The van der Waals surface area contributed by atoms with E-state index in [1.54, 1.807) is 24.3 Å². The van der Waals surface area contributed by atoms with Crippen LogP contribution in [0.4, 0.5) is 0 Å². The highest BCUT2D eigenvalue weighted by Crippen LogP contribution is 2.13. The van der Waals surface area contributed by atoms with Crippen LogP contribution in [0, 0.1) is 6.92 Å². The van der Waals surface area contributed by atoms with Crippen molar-refractivity contribution in [1.82, 2.24) is 0 Å². The zero-order chi connectivity index (χ0) is 14.6. The number of aryl methyl sites for hydroxylation is 2. The van der Waals surface area contributed by atoms with Crippen LogP contribution < -0.4 is 0 Å². The van der Waals surface area contributed by atoms with E-state index in [1.165, 1.54) is 11.8 Å². The summed E-state index contributed by atoms with van der Waals surface area (Å²) < 4.78 is 27.8. The first-order valence-electron chi connectivity index (χ1n) is 6.47. The Morgan fingerprint density at radius 2 is 1.60 bits per heavy atom. The highest BCUT2D eigenvalue weighted by atomic mass is 32.2. The van der Waals surface area contributed by atoms with E-state index in [0.717, 1.165) is 17.5 Å². The van der Waals surface area contributed by atoms with E-state index in [4.69, 9.17) is 0 Å². The first kappa shape index (κ1) is 14.5. The molecule has 0 aliphatic heterocycles. The molecule has 20 heavy (non-hydrogen) atoms. The first-order chi connectivity index (χ1) is 9.51. The van der Waals surface area contributed by atoms with Crippen molar-refractivity contribution in [2.24, 2.45) is 4.40 Å². The fourth-order valence-electron chi connectivity index (χ4n) is 1.74. The first-order valence-corrected chi connectivity index (χ1v) is 7.91. The van der Waals surface area contributed by atoms with Gasteiger partial charge >= 0.3 is 0 Å². The topological polar surface area (TPSA) is 46.5 Å². The van der Waals surface area contributed by atoms with Crippen molar-refractivity contribution in [2.45, 2.75) is 25.2 Å². The fourth-order valence-corrected chi connectivity index (χ4v) is 2.60. The number of sulfonamides is 1. The molecule has 0 aliphatic rings. The minimum atomic E-state index is -3.62. The lowest BCUT2D eigenvalue weighted by Crippen LogP contribution is -1.97. The maximum atomic E-state index is 12.0. The molecular weight excluding hydrogens is 270 g/mol. The van der Waals surface area contributed by atoms with Gasteiger partial charge in [-0.05, 0) is 36.6 Å². The third kappa shape index (κ3) is 3.54. The molecule has 0 heterocycles. The molecule has 0 atom stereocenters. The van der Waals surface area contributed by atoms with Gasteiger partial charge in [-0.1, -0.05) is 48.9 Å². The van der Waals surface area contributed by atoms with Crippen molar-refractivity contribution in [3.63, 3.8) is 0 Å². The minimum absolute atomic E-state index is 0.213. The molecule has 4 heteroatoms. The van der Waals surface area contributed by atoms with E-state index in [2.05, 4.69) is 11.3 Å². The Morgan fingerprint density at radius 3 is 2.15 bits per heavy atom. The number of benzene rings is 2. The lowest BCUT2D eigenvalue weighted by atomic mass is 10.1. The quantitative estimate of drug-likeness (QED) is 0.809. The summed E-state index contributed by atoms with van der Waals surface area (Å²) >= 11 is 0. The summed E-state index contributed by atoms with van der Waals surface area (Å²) in [4.78, 5) is 0.213. The number of nitrogens with zero attached hydrogens (tertiary/aromatic N) is 1. The summed E-state index contributed by atoms with van der Waals surface area (Å²) in [6.45, 7) is 3.99. The molecule has 0 unspecified atom stereocenters. The van der Waals surface area contributed by atoms with Gasteiger partial charge < -0.3 is 0 Å². The van der Waals surface area contributed by atoms with Gasteiger partial charge in [0.05, 0.1) is 4.90 Å². The van der Waals surface area contributed by atoms with Gasteiger partial charge in [0.1, 0.15) is 0 Å². The molecule has 2 aromatic rings. The Labute approximate surface area is 120 Å². The van der Waals surface area contributed by atoms with Gasteiger partial charge in [0, 0.05) is 6.21 Å². The minimum Gasteiger partial charge on any atom is -0.199 e. The van der Waals surface area contributed by atoms with E-state index in [0.29, 0.717) is 0 Å². The molecule has 104 valence electrons. The smallest absolute Gasteiger partial charge is 0.199 e. The summed E-state index contributed by atoms with van der Waals surface area (Å²) in [5, 5.41) is 0. The molecule has 0 saturated carbocycles. The van der Waals surface area contributed by atoms with E-state index in [1.807, 2.05) is 31.2 Å². The molecule has 0 saturated heterocycles. The third-order valence-electron chi connectivity index (χ3n) is 3.05. The van der Waals surface area contributed by atoms with Crippen LogP contribution in [-0.2, 0) is 16.4 Å². The van der Waals surface area contributed by atoms with E-state index >= 15 is 0 Å². The molecule has 0 bridgehead atoms. The number of rotatable bonds is 4. The molecule has 0 amide bonds. The van der Waals surface area contributed by atoms with Gasteiger partial charge in [0.15, 0.2) is 0 Å². The fraction of sp³-hybridized carbons (Fsp3) is 0.188. The van der Waals surface area contributed by atoms with Gasteiger partial charge in [0.25, 0.3) is 10.0 Å². The molecule has 2 rings (SSSR count). The Morgan fingerprint density at radius 1 is 1.00 bits per heavy atom. The number of hydrogen-bond donors (Lipinski definition) is 0. The van der Waals surface area contributed by atoms with Crippen molar-refractivity contribution in [2.75, 3.05) is 0 Å². The average Bonchev–Trinajstić information content (AvgIpc) is 2.46. The van der Waals surface area contributed by atoms with Crippen LogP contribution >= 0.6 is 0 Å². The SMILES string of the molecule is CCc1ccc(/C=N/S(=O)(=O)c2ccc(C)cc2)cc1. The van der Waals surface area contributed by atoms with Crippen LogP contribution in [0.3, 0.4) is 0 Å². The maximum Gasteiger partial charge on any atom is 0.282 e. The van der Waals surface area contributed by atoms with Crippen molar-refractivity contribution in [1.29, 1.82) is 0 Å². The van der Waals surface area contributed by atoms with Crippen LogP contribution in [0.15, 0.2) is 57.8 Å². The number of hydrogen-bond acceptors (Lipinski definition) is 2. The second kappa shape index (κ2) is 6.01. The summed E-state index contributed by atoms with van der Waals surface area (Å²) in [5.41, 5.74) is 3.00. The van der Waals surface area contributed by atoms with Crippen molar-refractivity contribution < 1.29 is 8.42 Å². The molecule has 0 fully saturated rings. The van der Waals surface area contributed by atoms with Crippen LogP contribution in [0.5, 0.6) is 0 Å². The Bertz CT molecular complexity index is 699. The van der Waals surface area contributed by atoms with E-state index in [9.17, 15) is 8.42 Å². The zero-order valence-corrected chi connectivity index (χ0v) is 12.4. The van der Waals surface area contributed by atoms with Crippen LogP contribution in [0.1, 0.15) is 23.6 Å². The monoisotopic (exact) mass is 287 g/mol. The molecule has 2 aromatic carbocycles. The summed E-state index contributed by atoms with van der Waals surface area (Å²) in [7, 11) is -3.62. The summed E-state index contributed by atoms with van der Waals surface area (Å²) in [5.74, 6) is 0. The zero-order valence-electron chi connectivity index (χ0n) is 11.6. The lowest BCUT2D eigenvalue weighted by molar-refractivity contribution is 0.598. The van der Waals surface area contributed by atoms with Gasteiger partial charge in [0.2, 0.25) is 0 Å². The van der Waals surface area contributed by atoms with Gasteiger partial charge in [-0.2, -0.15) is 12.8 Å². The second-order valence-corrected chi connectivity index (χ2v) is 6.25. The van der Waals surface area contributed by atoms with Crippen LogP contribution in [0.2, 0.25) is 0 Å². The molecular formula is C16H17NO2S. The normalized spacial score (nSPS) is 11.9. The van der Waals surface area contributed by atoms with Crippen molar-refractivity contribution in [3.05, 3.63) is 65.2 Å². The predicted molar refractivity (Wildman–Crippen MR) is 81.8 cm³/mol.